The molecule has 0 atom stereocenters. The number of thiazole rings is 1. The standard InChI is InChI=1S/C22H20N4O2S/c1-14-15(2)29-22(23-14)24-21(27)18-13-26(16-9-5-4-6-10-16)25-20(18)17-11-7-8-12-19(17)28-3/h4-13H,1-3H3,(H,23,24,27). The summed E-state index contributed by atoms with van der Waals surface area (Å²) >= 11 is 1.45. The molecule has 2 aromatic heterocycles. The number of anilines is 1. The lowest BCUT2D eigenvalue weighted by molar-refractivity contribution is 0.102. The molecule has 0 aliphatic rings. The number of methoxy groups -OCH3 is 1. The molecule has 1 N–H and O–H groups in total. The number of para-hydroxylation sites is 2. The molecule has 6 nitrogen and oxygen atoms in total. The third-order valence-electron chi connectivity index (χ3n) is 4.59. The van der Waals surface area contributed by atoms with Crippen LogP contribution in [0.3, 0.4) is 0 Å². The Bertz CT molecular complexity index is 1150. The molecule has 0 saturated carbocycles. The minimum atomic E-state index is -0.262. The lowest BCUT2D eigenvalue weighted by Crippen LogP contribution is -2.12. The van der Waals surface area contributed by atoms with E-state index in [0.717, 1.165) is 21.8 Å². The Balaban J connectivity index is 1.80. The van der Waals surface area contributed by atoms with Crippen molar-refractivity contribution in [1.82, 2.24) is 14.8 Å². The highest BCUT2D eigenvalue weighted by Crippen LogP contribution is 2.32. The van der Waals surface area contributed by atoms with E-state index >= 15 is 0 Å². The summed E-state index contributed by atoms with van der Waals surface area (Å²) in [5, 5.41) is 8.18. The van der Waals surface area contributed by atoms with E-state index in [1.54, 1.807) is 18.0 Å². The highest BCUT2D eigenvalue weighted by molar-refractivity contribution is 7.15. The zero-order chi connectivity index (χ0) is 20.4. The highest BCUT2D eigenvalue weighted by Gasteiger charge is 2.22. The molecule has 0 radical (unpaired) electrons. The lowest BCUT2D eigenvalue weighted by Gasteiger charge is -2.07. The Labute approximate surface area is 172 Å². The van der Waals surface area contributed by atoms with E-state index in [1.807, 2.05) is 68.4 Å². The normalized spacial score (nSPS) is 10.7. The maximum Gasteiger partial charge on any atom is 0.261 e. The Hall–Kier alpha value is -3.45. The predicted octanol–water partition coefficient (Wildman–Crippen LogP) is 4.87. The summed E-state index contributed by atoms with van der Waals surface area (Å²) in [4.78, 5) is 18.6. The average molecular weight is 404 g/mol. The van der Waals surface area contributed by atoms with Gasteiger partial charge in [0.2, 0.25) is 0 Å². The zero-order valence-electron chi connectivity index (χ0n) is 16.3. The molecule has 2 heterocycles. The van der Waals surface area contributed by atoms with Gasteiger partial charge in [0.15, 0.2) is 5.13 Å². The Morgan fingerprint density at radius 2 is 1.79 bits per heavy atom. The maximum atomic E-state index is 13.1. The van der Waals surface area contributed by atoms with Crippen LogP contribution in [-0.2, 0) is 0 Å². The molecule has 0 aliphatic heterocycles. The second-order valence-electron chi connectivity index (χ2n) is 6.49. The van der Waals surface area contributed by atoms with Gasteiger partial charge in [0.25, 0.3) is 5.91 Å². The molecule has 29 heavy (non-hydrogen) atoms. The molecular formula is C22H20N4O2S. The molecule has 1 amide bonds. The third kappa shape index (κ3) is 3.77. The van der Waals surface area contributed by atoms with Gasteiger partial charge in [-0.3, -0.25) is 10.1 Å². The van der Waals surface area contributed by atoms with E-state index in [-0.39, 0.29) is 5.91 Å². The molecule has 0 unspecified atom stereocenters. The topological polar surface area (TPSA) is 69.0 Å². The van der Waals surface area contributed by atoms with Gasteiger partial charge in [-0.1, -0.05) is 30.3 Å². The summed E-state index contributed by atoms with van der Waals surface area (Å²) in [6, 6.07) is 17.2. The molecule has 2 aromatic carbocycles. The van der Waals surface area contributed by atoms with Gasteiger partial charge in [-0.15, -0.1) is 11.3 Å². The number of aromatic nitrogens is 3. The molecule has 0 saturated heterocycles. The van der Waals surface area contributed by atoms with Crippen molar-refractivity contribution in [1.29, 1.82) is 0 Å². The molecule has 4 aromatic rings. The third-order valence-corrected chi connectivity index (χ3v) is 5.58. The van der Waals surface area contributed by atoms with Crippen LogP contribution in [-0.4, -0.2) is 27.8 Å². The van der Waals surface area contributed by atoms with E-state index < -0.39 is 0 Å². The predicted molar refractivity (Wildman–Crippen MR) is 115 cm³/mol. The summed E-state index contributed by atoms with van der Waals surface area (Å²) in [6.07, 6.45) is 1.74. The number of benzene rings is 2. The van der Waals surface area contributed by atoms with E-state index in [2.05, 4.69) is 10.3 Å². The number of rotatable bonds is 5. The first-order valence-electron chi connectivity index (χ1n) is 9.10. The number of amides is 1. The highest BCUT2D eigenvalue weighted by atomic mass is 32.1. The first-order valence-corrected chi connectivity index (χ1v) is 9.92. The Morgan fingerprint density at radius 3 is 2.48 bits per heavy atom. The lowest BCUT2D eigenvalue weighted by atomic mass is 10.1. The van der Waals surface area contributed by atoms with E-state index in [1.165, 1.54) is 11.3 Å². The summed E-state index contributed by atoms with van der Waals surface area (Å²) in [7, 11) is 1.61. The van der Waals surface area contributed by atoms with E-state index in [4.69, 9.17) is 9.84 Å². The first kappa shape index (κ1) is 18.9. The fourth-order valence-electron chi connectivity index (χ4n) is 2.98. The number of carbonyl (C=O) groups excluding carboxylic acids is 1. The first-order chi connectivity index (χ1) is 14.1. The number of carbonyl (C=O) groups is 1. The van der Waals surface area contributed by atoms with Crippen LogP contribution in [0.15, 0.2) is 60.8 Å². The van der Waals surface area contributed by atoms with Crippen LogP contribution in [0, 0.1) is 13.8 Å². The van der Waals surface area contributed by atoms with Crippen molar-refractivity contribution in [3.63, 3.8) is 0 Å². The minimum Gasteiger partial charge on any atom is -0.496 e. The summed E-state index contributed by atoms with van der Waals surface area (Å²) in [5.74, 6) is 0.391. The Morgan fingerprint density at radius 1 is 1.07 bits per heavy atom. The largest absolute Gasteiger partial charge is 0.496 e. The number of nitrogens with one attached hydrogen (secondary N) is 1. The van der Waals surface area contributed by atoms with Crippen LogP contribution in [0.4, 0.5) is 5.13 Å². The van der Waals surface area contributed by atoms with E-state index in [0.29, 0.717) is 22.1 Å². The zero-order valence-corrected chi connectivity index (χ0v) is 17.2. The maximum absolute atomic E-state index is 13.1. The van der Waals surface area contributed by atoms with E-state index in [9.17, 15) is 4.79 Å². The van der Waals surface area contributed by atoms with Gasteiger partial charge in [0.1, 0.15) is 11.4 Å². The molecular weight excluding hydrogens is 384 g/mol. The van der Waals surface area contributed by atoms with Crippen molar-refractivity contribution in [2.24, 2.45) is 0 Å². The molecule has 4 rings (SSSR count). The van der Waals surface area contributed by atoms with Gasteiger partial charge in [-0.2, -0.15) is 5.10 Å². The van der Waals surface area contributed by atoms with Gasteiger partial charge in [-0.25, -0.2) is 9.67 Å². The number of ether oxygens (including phenoxy) is 1. The second kappa shape index (κ2) is 7.89. The van der Waals surface area contributed by atoms with Crippen molar-refractivity contribution in [2.45, 2.75) is 13.8 Å². The van der Waals surface area contributed by atoms with Crippen molar-refractivity contribution < 1.29 is 9.53 Å². The van der Waals surface area contributed by atoms with Gasteiger partial charge < -0.3 is 4.74 Å². The fraction of sp³-hybridized carbons (Fsp3) is 0.136. The monoisotopic (exact) mass is 404 g/mol. The fourth-order valence-corrected chi connectivity index (χ4v) is 3.79. The number of nitrogens with zero attached hydrogens (tertiary/aromatic N) is 3. The summed E-state index contributed by atoms with van der Waals surface area (Å²) in [5.41, 5.74) is 3.53. The SMILES string of the molecule is COc1ccccc1-c1nn(-c2ccccc2)cc1C(=O)Nc1nc(C)c(C)s1. The van der Waals surface area contributed by atoms with Crippen LogP contribution in [0.25, 0.3) is 16.9 Å². The summed E-state index contributed by atoms with van der Waals surface area (Å²) in [6.45, 7) is 3.91. The molecule has 0 bridgehead atoms. The van der Waals surface area contributed by atoms with Crippen LogP contribution in [0.2, 0.25) is 0 Å². The molecule has 7 heteroatoms. The molecule has 0 fully saturated rings. The average Bonchev–Trinajstić information content (AvgIpc) is 3.32. The van der Waals surface area contributed by atoms with Gasteiger partial charge in [0, 0.05) is 16.6 Å². The Kier molecular flexibility index (Phi) is 5.14. The van der Waals surface area contributed by atoms with Crippen molar-refractivity contribution in [3.05, 3.63) is 76.9 Å². The number of hydrogen-bond acceptors (Lipinski definition) is 5. The smallest absolute Gasteiger partial charge is 0.261 e. The molecule has 0 spiro atoms. The number of hydrogen-bond donors (Lipinski definition) is 1. The van der Waals surface area contributed by atoms with Gasteiger partial charge >= 0.3 is 0 Å². The molecule has 0 aliphatic carbocycles. The number of aryl methyl sites for hydroxylation is 2. The quantitative estimate of drug-likeness (QED) is 0.515. The van der Waals surface area contributed by atoms with Crippen LogP contribution in [0.5, 0.6) is 5.75 Å². The minimum absolute atomic E-state index is 0.262. The van der Waals surface area contributed by atoms with Crippen LogP contribution in [0.1, 0.15) is 20.9 Å². The van der Waals surface area contributed by atoms with Crippen molar-refractivity contribution >= 4 is 22.4 Å². The van der Waals surface area contributed by atoms with Crippen LogP contribution < -0.4 is 10.1 Å². The second-order valence-corrected chi connectivity index (χ2v) is 7.69. The van der Waals surface area contributed by atoms with Gasteiger partial charge in [-0.05, 0) is 38.1 Å². The van der Waals surface area contributed by atoms with Gasteiger partial charge in [0.05, 0.1) is 24.1 Å². The van der Waals surface area contributed by atoms with Crippen molar-refractivity contribution in [2.75, 3.05) is 12.4 Å². The van der Waals surface area contributed by atoms with Crippen LogP contribution >= 0.6 is 11.3 Å². The molecule has 146 valence electrons. The summed E-state index contributed by atoms with van der Waals surface area (Å²) < 4.78 is 7.20. The van der Waals surface area contributed by atoms with Crippen molar-refractivity contribution in [3.8, 4) is 22.7 Å².